The summed E-state index contributed by atoms with van der Waals surface area (Å²) in [5, 5.41) is 1.04. The van der Waals surface area contributed by atoms with Gasteiger partial charge in [-0.1, -0.05) is 32.9 Å². The van der Waals surface area contributed by atoms with Crippen molar-refractivity contribution >= 4 is 16.9 Å². The molecular formula is C26H25NO5. The molecule has 0 unspecified atom stereocenters. The van der Waals surface area contributed by atoms with Crippen LogP contribution in [0.1, 0.15) is 49.7 Å². The molecule has 0 saturated carbocycles. The minimum atomic E-state index is -0.597. The van der Waals surface area contributed by atoms with Gasteiger partial charge in [0.2, 0.25) is 0 Å². The number of benzene rings is 1. The van der Waals surface area contributed by atoms with Crippen molar-refractivity contribution in [2.75, 3.05) is 6.61 Å². The molecule has 5 rings (SSSR count). The number of fused-ring (bicyclic) bond motifs is 5. The Balaban J connectivity index is 1.73. The summed E-state index contributed by atoms with van der Waals surface area (Å²) in [6.45, 7) is 8.43. The Kier molecular flexibility index (Phi) is 4.62. The van der Waals surface area contributed by atoms with E-state index in [1.54, 1.807) is 25.6 Å². The third kappa shape index (κ3) is 3.18. The molecule has 1 aliphatic rings. The van der Waals surface area contributed by atoms with E-state index in [1.165, 1.54) is 6.07 Å². The lowest BCUT2D eigenvalue weighted by Gasteiger charge is -2.37. The molecule has 4 heterocycles. The van der Waals surface area contributed by atoms with Crippen LogP contribution in [0.5, 0.6) is 0 Å². The zero-order chi connectivity index (χ0) is 22.6. The van der Waals surface area contributed by atoms with E-state index in [9.17, 15) is 9.59 Å². The molecule has 6 nitrogen and oxygen atoms in total. The van der Waals surface area contributed by atoms with Crippen LogP contribution >= 0.6 is 0 Å². The standard InChI is InChI=1S/C26H25NO5/c1-5-31-25(29)19-13-27-20(12-21(19)28)24-18(11-23(27)26(2,3)4)17-7-6-15(10-22(17)32-24)16-8-9-30-14-16/h6-10,12-14,23H,5,11H2,1-4H3/t23-/m0/s1. The fraction of sp³-hybridized carbons (Fsp3) is 0.308. The number of rotatable bonds is 3. The predicted molar refractivity (Wildman–Crippen MR) is 122 cm³/mol. The second-order valence-corrected chi connectivity index (χ2v) is 9.28. The lowest BCUT2D eigenvalue weighted by molar-refractivity contribution is 0.0523. The largest absolute Gasteiger partial charge is 0.472 e. The number of furan rings is 2. The van der Waals surface area contributed by atoms with Crippen molar-refractivity contribution in [3.63, 3.8) is 0 Å². The van der Waals surface area contributed by atoms with Crippen LogP contribution in [0.3, 0.4) is 0 Å². The topological polar surface area (TPSA) is 74.6 Å². The van der Waals surface area contributed by atoms with Gasteiger partial charge in [0.05, 0.1) is 24.8 Å². The Morgan fingerprint density at radius 3 is 2.69 bits per heavy atom. The second-order valence-electron chi connectivity index (χ2n) is 9.28. The van der Waals surface area contributed by atoms with Gasteiger partial charge in [0.1, 0.15) is 11.1 Å². The maximum absolute atomic E-state index is 12.8. The smallest absolute Gasteiger partial charge is 0.343 e. The number of ether oxygens (including phenoxy) is 1. The van der Waals surface area contributed by atoms with Gasteiger partial charge < -0.3 is 18.1 Å². The van der Waals surface area contributed by atoms with Gasteiger partial charge in [0.15, 0.2) is 11.2 Å². The molecule has 0 N–H and O–H groups in total. The van der Waals surface area contributed by atoms with Crippen molar-refractivity contribution in [1.82, 2.24) is 4.57 Å². The van der Waals surface area contributed by atoms with Crippen molar-refractivity contribution in [3.8, 4) is 22.6 Å². The molecule has 4 aromatic rings. The van der Waals surface area contributed by atoms with Gasteiger partial charge in [-0.25, -0.2) is 4.79 Å². The van der Waals surface area contributed by atoms with E-state index in [0.717, 1.165) is 34.1 Å². The van der Waals surface area contributed by atoms with E-state index in [-0.39, 0.29) is 29.1 Å². The number of carbonyl (C=O) groups excluding carboxylic acids is 1. The van der Waals surface area contributed by atoms with Gasteiger partial charge in [-0.15, -0.1) is 0 Å². The quantitative estimate of drug-likeness (QED) is 0.381. The molecule has 0 aliphatic carbocycles. The molecule has 6 heteroatoms. The molecule has 3 aromatic heterocycles. The third-order valence-electron chi connectivity index (χ3n) is 6.19. The summed E-state index contributed by atoms with van der Waals surface area (Å²) in [5.74, 6) is 0.0815. The molecule has 0 amide bonds. The first kappa shape index (κ1) is 20.4. The summed E-state index contributed by atoms with van der Waals surface area (Å²) in [4.78, 5) is 25.2. The molecule has 0 bridgehead atoms. The number of hydrogen-bond donors (Lipinski definition) is 0. The molecule has 0 saturated heterocycles. The third-order valence-corrected chi connectivity index (χ3v) is 6.19. The summed E-state index contributed by atoms with van der Waals surface area (Å²) in [6.07, 6.45) is 5.71. The number of hydrogen-bond acceptors (Lipinski definition) is 5. The molecule has 0 radical (unpaired) electrons. The van der Waals surface area contributed by atoms with Crippen LogP contribution in [0, 0.1) is 5.41 Å². The van der Waals surface area contributed by atoms with E-state index in [0.29, 0.717) is 11.5 Å². The Morgan fingerprint density at radius 2 is 2.00 bits per heavy atom. The minimum Gasteiger partial charge on any atom is -0.472 e. The van der Waals surface area contributed by atoms with E-state index < -0.39 is 5.97 Å². The zero-order valence-electron chi connectivity index (χ0n) is 18.6. The van der Waals surface area contributed by atoms with Crippen LogP contribution in [0.15, 0.2) is 62.7 Å². The number of esters is 1. The van der Waals surface area contributed by atoms with Crippen molar-refractivity contribution in [2.24, 2.45) is 5.41 Å². The number of aromatic nitrogens is 1. The molecule has 1 atom stereocenters. The average Bonchev–Trinajstić information content (AvgIpc) is 3.39. The minimum absolute atomic E-state index is 0.0353. The summed E-state index contributed by atoms with van der Waals surface area (Å²) in [6, 6.07) is 9.57. The fourth-order valence-corrected chi connectivity index (χ4v) is 4.53. The molecule has 1 aromatic carbocycles. The summed E-state index contributed by atoms with van der Waals surface area (Å²) >= 11 is 0. The van der Waals surface area contributed by atoms with E-state index in [4.69, 9.17) is 13.6 Å². The molecular weight excluding hydrogens is 406 g/mol. The first-order valence-corrected chi connectivity index (χ1v) is 10.8. The fourth-order valence-electron chi connectivity index (χ4n) is 4.53. The molecule has 1 aliphatic heterocycles. The highest BCUT2D eigenvalue weighted by atomic mass is 16.5. The van der Waals surface area contributed by atoms with Crippen molar-refractivity contribution in [1.29, 1.82) is 0 Å². The zero-order valence-corrected chi connectivity index (χ0v) is 18.6. The van der Waals surface area contributed by atoms with Crippen LogP contribution in [0.4, 0.5) is 0 Å². The van der Waals surface area contributed by atoms with Gasteiger partial charge in [0.25, 0.3) is 0 Å². The lowest BCUT2D eigenvalue weighted by atomic mass is 9.79. The summed E-state index contributed by atoms with van der Waals surface area (Å²) in [5.41, 5.74) is 4.07. The normalized spacial score (nSPS) is 15.4. The first-order chi connectivity index (χ1) is 15.3. The predicted octanol–water partition coefficient (Wildman–Crippen LogP) is 5.84. The highest BCUT2D eigenvalue weighted by Crippen LogP contribution is 2.46. The van der Waals surface area contributed by atoms with E-state index in [1.807, 2.05) is 16.7 Å². The van der Waals surface area contributed by atoms with Gasteiger partial charge >= 0.3 is 5.97 Å². The van der Waals surface area contributed by atoms with Crippen molar-refractivity contribution in [3.05, 3.63) is 70.4 Å². The SMILES string of the molecule is CCOC(=O)c1cn2c(cc1=O)-c1oc3cc(-c4ccoc4)ccc3c1C[C@H]2C(C)(C)C. The maximum atomic E-state index is 12.8. The average molecular weight is 431 g/mol. The first-order valence-electron chi connectivity index (χ1n) is 10.8. The Morgan fingerprint density at radius 1 is 1.19 bits per heavy atom. The van der Waals surface area contributed by atoms with Crippen LogP contribution in [0.25, 0.3) is 33.6 Å². The summed E-state index contributed by atoms with van der Waals surface area (Å²) < 4.78 is 18.6. The number of nitrogens with zero attached hydrogens (tertiary/aromatic N) is 1. The maximum Gasteiger partial charge on any atom is 0.343 e. The van der Waals surface area contributed by atoms with Gasteiger partial charge in [-0.2, -0.15) is 0 Å². The van der Waals surface area contributed by atoms with Gasteiger partial charge in [-0.3, -0.25) is 4.79 Å². The highest BCUT2D eigenvalue weighted by Gasteiger charge is 2.36. The summed E-state index contributed by atoms with van der Waals surface area (Å²) in [7, 11) is 0. The van der Waals surface area contributed by atoms with Crippen molar-refractivity contribution in [2.45, 2.75) is 40.2 Å². The Hall–Kier alpha value is -3.54. The van der Waals surface area contributed by atoms with Gasteiger partial charge in [0, 0.05) is 34.8 Å². The van der Waals surface area contributed by atoms with Crippen LogP contribution < -0.4 is 5.43 Å². The monoisotopic (exact) mass is 431 g/mol. The molecule has 164 valence electrons. The molecule has 32 heavy (non-hydrogen) atoms. The van der Waals surface area contributed by atoms with E-state index in [2.05, 4.69) is 32.9 Å². The molecule has 0 fully saturated rings. The Bertz CT molecular complexity index is 1380. The highest BCUT2D eigenvalue weighted by molar-refractivity contribution is 5.92. The lowest BCUT2D eigenvalue weighted by Crippen LogP contribution is -2.32. The van der Waals surface area contributed by atoms with Crippen LogP contribution in [-0.2, 0) is 11.2 Å². The van der Waals surface area contributed by atoms with Crippen molar-refractivity contribution < 1.29 is 18.4 Å². The molecule has 0 spiro atoms. The van der Waals surface area contributed by atoms with Gasteiger partial charge in [-0.05, 0) is 36.5 Å². The van der Waals surface area contributed by atoms with Crippen LogP contribution in [-0.4, -0.2) is 17.1 Å². The number of pyridine rings is 1. The van der Waals surface area contributed by atoms with Crippen LogP contribution in [0.2, 0.25) is 0 Å². The Labute approximate surface area is 185 Å². The van der Waals surface area contributed by atoms with E-state index >= 15 is 0 Å². The second kappa shape index (κ2) is 7.26. The number of carbonyl (C=O) groups is 1.